The van der Waals surface area contributed by atoms with Gasteiger partial charge in [-0.15, -0.1) is 0 Å². The van der Waals surface area contributed by atoms with Crippen molar-refractivity contribution in [2.75, 3.05) is 5.32 Å². The Kier molecular flexibility index (Phi) is 4.77. The molecule has 0 spiro atoms. The summed E-state index contributed by atoms with van der Waals surface area (Å²) in [6, 6.07) is 4.57. The third-order valence-electron chi connectivity index (χ3n) is 3.41. The van der Waals surface area contributed by atoms with Gasteiger partial charge in [0.25, 0.3) is 0 Å². The molecule has 0 saturated heterocycles. The van der Waals surface area contributed by atoms with E-state index in [-0.39, 0.29) is 0 Å². The molecule has 2 aromatic rings. The minimum absolute atomic E-state index is 0.472. The summed E-state index contributed by atoms with van der Waals surface area (Å²) in [6.07, 6.45) is 8.03. The van der Waals surface area contributed by atoms with Crippen molar-refractivity contribution in [3.63, 3.8) is 0 Å². The Labute approximate surface area is 121 Å². The molecule has 1 atom stereocenters. The molecule has 2 aromatic heterocycles. The van der Waals surface area contributed by atoms with E-state index in [1.807, 2.05) is 30.0 Å². The lowest BCUT2D eigenvalue weighted by molar-refractivity contribution is 0.527. The lowest BCUT2D eigenvalue weighted by Gasteiger charge is -2.16. The fourth-order valence-corrected chi connectivity index (χ4v) is 2.17. The van der Waals surface area contributed by atoms with Crippen LogP contribution in [0.4, 0.5) is 5.69 Å². The third kappa shape index (κ3) is 3.83. The molecule has 0 aromatic carbocycles. The maximum absolute atomic E-state index is 4.49. The molecule has 2 heterocycles. The first kappa shape index (κ1) is 14.6. The van der Waals surface area contributed by atoms with Crippen molar-refractivity contribution in [3.8, 4) is 5.82 Å². The van der Waals surface area contributed by atoms with Crippen molar-refractivity contribution in [3.05, 3.63) is 36.5 Å². The van der Waals surface area contributed by atoms with E-state index in [1.165, 1.54) is 12.8 Å². The number of nitrogens with zero attached hydrogens (tertiary/aromatic N) is 3. The van der Waals surface area contributed by atoms with Gasteiger partial charge in [-0.05, 0) is 44.7 Å². The average Bonchev–Trinajstić information content (AvgIpc) is 2.84. The Balaban J connectivity index is 1.97. The molecule has 2 rings (SSSR count). The predicted octanol–water partition coefficient (Wildman–Crippen LogP) is 3.81. The Morgan fingerprint density at radius 2 is 1.95 bits per heavy atom. The Morgan fingerprint density at radius 1 is 1.15 bits per heavy atom. The fourth-order valence-electron chi connectivity index (χ4n) is 2.17. The minimum atomic E-state index is 0.472. The summed E-state index contributed by atoms with van der Waals surface area (Å²) in [6.45, 7) is 8.71. The molecule has 0 amide bonds. The van der Waals surface area contributed by atoms with E-state index in [9.17, 15) is 0 Å². The van der Waals surface area contributed by atoms with Gasteiger partial charge in [0.05, 0.1) is 11.9 Å². The van der Waals surface area contributed by atoms with E-state index in [1.54, 1.807) is 6.20 Å². The Morgan fingerprint density at radius 3 is 2.50 bits per heavy atom. The molecular formula is C16H24N4. The second-order valence-electron chi connectivity index (χ2n) is 5.77. The molecule has 0 aliphatic carbocycles. The summed E-state index contributed by atoms with van der Waals surface area (Å²) >= 11 is 0. The van der Waals surface area contributed by atoms with Crippen LogP contribution < -0.4 is 5.32 Å². The number of aryl methyl sites for hydroxylation is 1. The van der Waals surface area contributed by atoms with Crippen molar-refractivity contribution in [2.45, 2.75) is 46.6 Å². The van der Waals surface area contributed by atoms with Crippen LogP contribution in [0.15, 0.2) is 30.7 Å². The first-order valence-electron chi connectivity index (χ1n) is 7.29. The van der Waals surface area contributed by atoms with E-state index < -0.39 is 0 Å². The van der Waals surface area contributed by atoms with Gasteiger partial charge in [0.2, 0.25) is 0 Å². The van der Waals surface area contributed by atoms with Crippen LogP contribution in [-0.2, 0) is 0 Å². The lowest BCUT2D eigenvalue weighted by Crippen LogP contribution is -2.16. The van der Waals surface area contributed by atoms with E-state index in [2.05, 4.69) is 42.1 Å². The molecule has 1 N–H and O–H groups in total. The molecule has 0 aliphatic rings. The summed E-state index contributed by atoms with van der Waals surface area (Å²) < 4.78 is 1.98. The standard InChI is InChI=1S/C16H24N4/c1-12(2)5-6-13(3)19-15-7-8-16(18-11-15)20-10-9-17-14(20)4/h7-13,19H,5-6H2,1-4H3. The lowest BCUT2D eigenvalue weighted by atomic mass is 10.0. The van der Waals surface area contributed by atoms with Gasteiger partial charge in [0.15, 0.2) is 0 Å². The molecule has 20 heavy (non-hydrogen) atoms. The van der Waals surface area contributed by atoms with Gasteiger partial charge >= 0.3 is 0 Å². The summed E-state index contributed by atoms with van der Waals surface area (Å²) in [7, 11) is 0. The highest BCUT2D eigenvalue weighted by molar-refractivity contribution is 5.44. The summed E-state index contributed by atoms with van der Waals surface area (Å²) in [4.78, 5) is 8.70. The van der Waals surface area contributed by atoms with Crippen molar-refractivity contribution in [1.29, 1.82) is 0 Å². The van der Waals surface area contributed by atoms with E-state index in [4.69, 9.17) is 0 Å². The number of rotatable bonds is 6. The van der Waals surface area contributed by atoms with Crippen molar-refractivity contribution in [2.24, 2.45) is 5.92 Å². The Hall–Kier alpha value is -1.84. The normalized spacial score (nSPS) is 12.7. The van der Waals surface area contributed by atoms with Gasteiger partial charge in [0.1, 0.15) is 11.6 Å². The molecule has 0 saturated carbocycles. The topological polar surface area (TPSA) is 42.7 Å². The van der Waals surface area contributed by atoms with E-state index in [0.717, 1.165) is 23.2 Å². The quantitative estimate of drug-likeness (QED) is 0.869. The summed E-state index contributed by atoms with van der Waals surface area (Å²) in [5.74, 6) is 2.60. The van der Waals surface area contributed by atoms with Crippen LogP contribution in [-0.4, -0.2) is 20.6 Å². The molecule has 108 valence electrons. The minimum Gasteiger partial charge on any atom is -0.381 e. The largest absolute Gasteiger partial charge is 0.381 e. The zero-order valence-electron chi connectivity index (χ0n) is 12.8. The highest BCUT2D eigenvalue weighted by atomic mass is 15.1. The first-order chi connectivity index (χ1) is 9.56. The molecular weight excluding hydrogens is 248 g/mol. The highest BCUT2D eigenvalue weighted by Crippen LogP contribution is 2.14. The van der Waals surface area contributed by atoms with Gasteiger partial charge in [-0.25, -0.2) is 9.97 Å². The number of hydrogen-bond acceptors (Lipinski definition) is 3. The first-order valence-corrected chi connectivity index (χ1v) is 7.29. The van der Waals surface area contributed by atoms with Crippen LogP contribution in [0.2, 0.25) is 0 Å². The van der Waals surface area contributed by atoms with Gasteiger partial charge in [-0.3, -0.25) is 4.57 Å². The maximum Gasteiger partial charge on any atom is 0.138 e. The van der Waals surface area contributed by atoms with Gasteiger partial charge in [-0.2, -0.15) is 0 Å². The molecule has 0 bridgehead atoms. The van der Waals surface area contributed by atoms with Crippen LogP contribution >= 0.6 is 0 Å². The summed E-state index contributed by atoms with van der Waals surface area (Å²) in [5.41, 5.74) is 1.07. The average molecular weight is 272 g/mol. The van der Waals surface area contributed by atoms with Crippen LogP contribution in [0.1, 0.15) is 39.4 Å². The van der Waals surface area contributed by atoms with Gasteiger partial charge in [-0.1, -0.05) is 13.8 Å². The van der Waals surface area contributed by atoms with Gasteiger partial charge in [0, 0.05) is 18.4 Å². The predicted molar refractivity (Wildman–Crippen MR) is 83.3 cm³/mol. The number of aromatic nitrogens is 3. The zero-order chi connectivity index (χ0) is 14.5. The zero-order valence-corrected chi connectivity index (χ0v) is 12.8. The number of nitrogens with one attached hydrogen (secondary N) is 1. The molecule has 0 fully saturated rings. The number of hydrogen-bond donors (Lipinski definition) is 1. The Bertz CT molecular complexity index is 528. The van der Waals surface area contributed by atoms with Crippen molar-refractivity contribution in [1.82, 2.24) is 14.5 Å². The SMILES string of the molecule is Cc1nccn1-c1ccc(NC(C)CCC(C)C)cn1. The molecule has 4 heteroatoms. The molecule has 0 aliphatic heterocycles. The van der Waals surface area contributed by atoms with Crippen molar-refractivity contribution >= 4 is 5.69 Å². The van der Waals surface area contributed by atoms with E-state index in [0.29, 0.717) is 6.04 Å². The number of imidazole rings is 1. The second-order valence-corrected chi connectivity index (χ2v) is 5.77. The number of pyridine rings is 1. The second kappa shape index (κ2) is 6.55. The van der Waals surface area contributed by atoms with Crippen LogP contribution in [0.25, 0.3) is 5.82 Å². The van der Waals surface area contributed by atoms with Crippen LogP contribution in [0.5, 0.6) is 0 Å². The van der Waals surface area contributed by atoms with Crippen molar-refractivity contribution < 1.29 is 0 Å². The van der Waals surface area contributed by atoms with E-state index >= 15 is 0 Å². The third-order valence-corrected chi connectivity index (χ3v) is 3.41. The maximum atomic E-state index is 4.49. The molecule has 4 nitrogen and oxygen atoms in total. The number of anilines is 1. The van der Waals surface area contributed by atoms with Crippen LogP contribution in [0.3, 0.4) is 0 Å². The monoisotopic (exact) mass is 272 g/mol. The van der Waals surface area contributed by atoms with Gasteiger partial charge < -0.3 is 5.32 Å². The smallest absolute Gasteiger partial charge is 0.138 e. The molecule has 1 unspecified atom stereocenters. The summed E-state index contributed by atoms with van der Waals surface area (Å²) in [5, 5.41) is 3.50. The highest BCUT2D eigenvalue weighted by Gasteiger charge is 2.05. The van der Waals surface area contributed by atoms with Crippen LogP contribution in [0, 0.1) is 12.8 Å². The molecule has 0 radical (unpaired) electrons. The fraction of sp³-hybridized carbons (Fsp3) is 0.500.